The van der Waals surface area contributed by atoms with E-state index in [9.17, 15) is 9.59 Å². The van der Waals surface area contributed by atoms with E-state index in [0.717, 1.165) is 70.6 Å². The van der Waals surface area contributed by atoms with Gasteiger partial charge in [0.1, 0.15) is 5.75 Å². The van der Waals surface area contributed by atoms with E-state index in [0.29, 0.717) is 24.5 Å². The topological polar surface area (TPSA) is 90.7 Å². The third-order valence-corrected chi connectivity index (χ3v) is 7.03. The summed E-state index contributed by atoms with van der Waals surface area (Å²) in [5.41, 5.74) is 13.2. The van der Waals surface area contributed by atoms with Gasteiger partial charge in [0, 0.05) is 5.56 Å². The van der Waals surface area contributed by atoms with Gasteiger partial charge in [0.25, 0.3) is 0 Å². The Balaban J connectivity index is 1.38. The smallest absolute Gasteiger partial charge is 0.310 e. The maximum absolute atomic E-state index is 12.5. The van der Waals surface area contributed by atoms with Gasteiger partial charge in [0.15, 0.2) is 0 Å². The summed E-state index contributed by atoms with van der Waals surface area (Å²) in [6.07, 6.45) is 2.94. The van der Waals surface area contributed by atoms with Crippen LogP contribution in [0.3, 0.4) is 0 Å². The number of hydrogen-bond donors (Lipinski definition) is 2. The zero-order chi connectivity index (χ0) is 24.4. The fourth-order valence-electron chi connectivity index (χ4n) is 5.13. The molecule has 1 aliphatic carbocycles. The van der Waals surface area contributed by atoms with Crippen LogP contribution in [-0.2, 0) is 22.4 Å². The van der Waals surface area contributed by atoms with Gasteiger partial charge in [0.2, 0.25) is 5.91 Å². The van der Waals surface area contributed by atoms with Gasteiger partial charge in [-0.3, -0.25) is 9.59 Å². The van der Waals surface area contributed by atoms with Crippen LogP contribution in [0.25, 0.3) is 22.3 Å². The van der Waals surface area contributed by atoms with E-state index in [1.165, 1.54) is 0 Å². The van der Waals surface area contributed by atoms with Crippen molar-refractivity contribution in [1.29, 1.82) is 0 Å². The third kappa shape index (κ3) is 4.93. The van der Waals surface area contributed by atoms with E-state index in [2.05, 4.69) is 17.4 Å². The van der Waals surface area contributed by atoms with Crippen molar-refractivity contribution >= 4 is 11.9 Å². The van der Waals surface area contributed by atoms with E-state index < -0.39 is 5.91 Å². The van der Waals surface area contributed by atoms with Gasteiger partial charge < -0.3 is 20.5 Å². The number of fused-ring (bicyclic) bond motifs is 3. The Labute approximate surface area is 205 Å². The van der Waals surface area contributed by atoms with Gasteiger partial charge in [-0.2, -0.15) is 0 Å². The highest BCUT2D eigenvalue weighted by Crippen LogP contribution is 2.41. The SMILES string of the molecule is COc1cccc(-c2cc(C(N)=O)c3c(c2)-c2ccc(CC(=O)OCC4CCNCC4)cc2C3)c1. The maximum atomic E-state index is 12.5. The largest absolute Gasteiger partial charge is 0.497 e. The van der Waals surface area contributed by atoms with Crippen molar-refractivity contribution < 1.29 is 19.1 Å². The molecule has 0 saturated carbocycles. The number of benzene rings is 3. The Morgan fingerprint density at radius 2 is 1.83 bits per heavy atom. The molecule has 180 valence electrons. The molecule has 1 fully saturated rings. The molecule has 6 nitrogen and oxygen atoms in total. The summed E-state index contributed by atoms with van der Waals surface area (Å²) in [4.78, 5) is 24.8. The minimum atomic E-state index is -0.444. The van der Waals surface area contributed by atoms with Crippen LogP contribution in [0.1, 0.15) is 39.9 Å². The first-order valence-corrected chi connectivity index (χ1v) is 12.1. The highest BCUT2D eigenvalue weighted by Gasteiger charge is 2.25. The van der Waals surface area contributed by atoms with Crippen molar-refractivity contribution in [1.82, 2.24) is 5.32 Å². The number of carbonyl (C=O) groups excluding carboxylic acids is 2. The minimum Gasteiger partial charge on any atom is -0.497 e. The molecule has 1 saturated heterocycles. The molecule has 0 bridgehead atoms. The number of nitrogens with one attached hydrogen (secondary N) is 1. The molecule has 1 heterocycles. The summed E-state index contributed by atoms with van der Waals surface area (Å²) < 4.78 is 10.9. The first-order chi connectivity index (χ1) is 17.0. The van der Waals surface area contributed by atoms with Crippen molar-refractivity contribution in [2.24, 2.45) is 11.7 Å². The van der Waals surface area contributed by atoms with Crippen LogP contribution >= 0.6 is 0 Å². The van der Waals surface area contributed by atoms with Crippen molar-refractivity contribution in [3.8, 4) is 28.0 Å². The number of methoxy groups -OCH3 is 1. The van der Waals surface area contributed by atoms with Crippen LogP contribution < -0.4 is 15.8 Å². The highest BCUT2D eigenvalue weighted by molar-refractivity contribution is 6.00. The highest BCUT2D eigenvalue weighted by atomic mass is 16.5. The van der Waals surface area contributed by atoms with Crippen molar-refractivity contribution in [3.63, 3.8) is 0 Å². The normalized spacial score (nSPS) is 14.8. The van der Waals surface area contributed by atoms with Gasteiger partial charge in [-0.25, -0.2) is 0 Å². The number of nitrogens with two attached hydrogens (primary N) is 1. The van der Waals surface area contributed by atoms with Crippen molar-refractivity contribution in [2.75, 3.05) is 26.8 Å². The molecule has 1 amide bonds. The van der Waals surface area contributed by atoms with E-state index >= 15 is 0 Å². The quantitative estimate of drug-likeness (QED) is 0.397. The monoisotopic (exact) mass is 470 g/mol. The molecule has 0 unspecified atom stereocenters. The molecule has 5 rings (SSSR count). The van der Waals surface area contributed by atoms with Gasteiger partial charge in [-0.05, 0) is 101 Å². The molecule has 1 aliphatic heterocycles. The summed E-state index contributed by atoms with van der Waals surface area (Å²) in [5.74, 6) is 0.555. The zero-order valence-corrected chi connectivity index (χ0v) is 19.9. The molecule has 0 spiro atoms. The molecule has 0 aromatic heterocycles. The predicted molar refractivity (Wildman–Crippen MR) is 135 cm³/mol. The Morgan fingerprint density at radius 3 is 2.60 bits per heavy atom. The van der Waals surface area contributed by atoms with Gasteiger partial charge in [0.05, 0.1) is 20.1 Å². The lowest BCUT2D eigenvalue weighted by atomic mass is 9.94. The van der Waals surface area contributed by atoms with Crippen molar-refractivity contribution in [2.45, 2.75) is 25.7 Å². The summed E-state index contributed by atoms with van der Waals surface area (Å²) in [7, 11) is 1.63. The fourth-order valence-corrected chi connectivity index (χ4v) is 5.13. The van der Waals surface area contributed by atoms with Crippen LogP contribution in [0, 0.1) is 5.92 Å². The molecular weight excluding hydrogens is 440 g/mol. The summed E-state index contributed by atoms with van der Waals surface area (Å²) in [5, 5.41) is 3.33. The van der Waals surface area contributed by atoms with Crippen LogP contribution in [0.4, 0.5) is 0 Å². The Hall–Kier alpha value is -3.64. The Kier molecular flexibility index (Phi) is 6.55. The fraction of sp³-hybridized carbons (Fsp3) is 0.310. The van der Waals surface area contributed by atoms with Crippen molar-refractivity contribution in [3.05, 3.63) is 76.9 Å². The Morgan fingerprint density at radius 1 is 1.00 bits per heavy atom. The summed E-state index contributed by atoms with van der Waals surface area (Å²) in [6, 6.07) is 17.8. The molecule has 3 aromatic rings. The molecule has 6 heteroatoms. The number of hydrogen-bond acceptors (Lipinski definition) is 5. The van der Waals surface area contributed by atoms with Gasteiger partial charge in [-0.1, -0.05) is 30.3 Å². The van der Waals surface area contributed by atoms with Crippen LogP contribution in [-0.4, -0.2) is 38.7 Å². The molecule has 35 heavy (non-hydrogen) atoms. The third-order valence-electron chi connectivity index (χ3n) is 7.03. The number of primary amides is 1. The Bertz CT molecular complexity index is 1280. The first-order valence-electron chi connectivity index (χ1n) is 12.1. The molecule has 2 aliphatic rings. The zero-order valence-electron chi connectivity index (χ0n) is 19.9. The predicted octanol–water partition coefficient (Wildman–Crippen LogP) is 4.12. The molecule has 3 N–H and O–H groups in total. The molecule has 3 aromatic carbocycles. The second kappa shape index (κ2) is 9.92. The number of rotatable bonds is 7. The average molecular weight is 471 g/mol. The summed E-state index contributed by atoms with van der Waals surface area (Å²) >= 11 is 0. The maximum Gasteiger partial charge on any atom is 0.310 e. The van der Waals surface area contributed by atoms with Crippen LogP contribution in [0.15, 0.2) is 54.6 Å². The van der Waals surface area contributed by atoms with E-state index in [-0.39, 0.29) is 12.4 Å². The average Bonchev–Trinajstić information content (AvgIpc) is 3.25. The summed E-state index contributed by atoms with van der Waals surface area (Å²) in [6.45, 7) is 2.47. The van der Waals surface area contributed by atoms with Gasteiger partial charge >= 0.3 is 5.97 Å². The number of carbonyl (C=O) groups is 2. The second-order valence-electron chi connectivity index (χ2n) is 9.37. The molecule has 0 atom stereocenters. The number of amides is 1. The lowest BCUT2D eigenvalue weighted by Crippen LogP contribution is -2.30. The van der Waals surface area contributed by atoms with Crippen LogP contribution in [0.5, 0.6) is 5.75 Å². The lowest BCUT2D eigenvalue weighted by Gasteiger charge is -2.22. The molecule has 0 radical (unpaired) electrons. The number of piperidine rings is 1. The van der Waals surface area contributed by atoms with E-state index in [1.807, 2.05) is 42.5 Å². The van der Waals surface area contributed by atoms with E-state index in [4.69, 9.17) is 15.2 Å². The minimum absolute atomic E-state index is 0.197. The van der Waals surface area contributed by atoms with Crippen LogP contribution in [0.2, 0.25) is 0 Å². The van der Waals surface area contributed by atoms with E-state index in [1.54, 1.807) is 7.11 Å². The number of ether oxygens (including phenoxy) is 2. The lowest BCUT2D eigenvalue weighted by molar-refractivity contribution is -0.144. The molecular formula is C29H30N2O4. The first kappa shape index (κ1) is 23.1. The number of esters is 1. The standard InChI is InChI=1S/C29H30N2O4/c1-34-23-4-2-3-20(13-23)21-14-25-24-6-5-19(11-22(24)16-26(25)27(15-21)29(30)33)12-28(32)35-17-18-7-9-31-10-8-18/h2-6,11,13-15,18,31H,7-10,12,16-17H2,1H3,(H2,30,33). The van der Waals surface area contributed by atoms with Gasteiger partial charge in [-0.15, -0.1) is 0 Å². The second-order valence-corrected chi connectivity index (χ2v) is 9.37.